The van der Waals surface area contributed by atoms with E-state index in [1.165, 1.54) is 12.8 Å². The fourth-order valence-electron chi connectivity index (χ4n) is 2.01. The van der Waals surface area contributed by atoms with E-state index in [0.717, 1.165) is 0 Å². The second kappa shape index (κ2) is 3.55. The Balaban J connectivity index is 2.19. The van der Waals surface area contributed by atoms with Crippen molar-refractivity contribution in [2.24, 2.45) is 11.8 Å². The van der Waals surface area contributed by atoms with Crippen LogP contribution in [0.4, 0.5) is 0 Å². The third-order valence-corrected chi connectivity index (χ3v) is 4.04. The number of hydrogen-bond acceptors (Lipinski definition) is 1. The van der Waals surface area contributed by atoms with E-state index in [0.29, 0.717) is 11.0 Å². The van der Waals surface area contributed by atoms with Crippen LogP contribution in [-0.2, 0) is 0 Å². The average molecular weight is 233 g/mol. The van der Waals surface area contributed by atoms with Crippen molar-refractivity contribution >= 4 is 23.2 Å². The maximum atomic E-state index is 10.4. The van der Waals surface area contributed by atoms with Crippen molar-refractivity contribution in [2.75, 3.05) is 0 Å². The molecule has 2 aliphatic rings. The van der Waals surface area contributed by atoms with E-state index in [2.05, 4.69) is 6.92 Å². The molecule has 78 valence electrons. The molecule has 0 bridgehead atoms. The first-order valence-corrected chi connectivity index (χ1v) is 5.78. The second-order valence-corrected chi connectivity index (χ2v) is 5.21. The Morgan fingerprint density at radius 3 is 2.71 bits per heavy atom. The molecule has 0 radical (unpaired) electrons. The zero-order valence-corrected chi connectivity index (χ0v) is 9.59. The third kappa shape index (κ3) is 1.73. The molecule has 1 fully saturated rings. The van der Waals surface area contributed by atoms with Crippen LogP contribution in [0, 0.1) is 11.8 Å². The highest BCUT2D eigenvalue weighted by molar-refractivity contribution is 6.32. The van der Waals surface area contributed by atoms with Gasteiger partial charge in [-0.3, -0.25) is 0 Å². The van der Waals surface area contributed by atoms with Crippen molar-refractivity contribution < 1.29 is 5.11 Å². The van der Waals surface area contributed by atoms with E-state index in [4.69, 9.17) is 23.2 Å². The van der Waals surface area contributed by atoms with Crippen LogP contribution in [0.15, 0.2) is 23.3 Å². The summed E-state index contributed by atoms with van der Waals surface area (Å²) in [7, 11) is 0. The lowest BCUT2D eigenvalue weighted by molar-refractivity contribution is 0.0308. The number of hydrogen-bond donors (Lipinski definition) is 1. The molecule has 1 N–H and O–H groups in total. The topological polar surface area (TPSA) is 20.2 Å². The number of allylic oxidation sites excluding steroid dienone is 2. The zero-order chi connectivity index (χ0) is 10.3. The van der Waals surface area contributed by atoms with Gasteiger partial charge in [-0.05, 0) is 42.9 Å². The quantitative estimate of drug-likeness (QED) is 0.726. The highest BCUT2D eigenvalue weighted by atomic mass is 35.5. The van der Waals surface area contributed by atoms with Gasteiger partial charge in [-0.1, -0.05) is 18.5 Å². The number of rotatable bonds is 2. The van der Waals surface area contributed by atoms with Gasteiger partial charge < -0.3 is 5.11 Å². The van der Waals surface area contributed by atoms with Crippen LogP contribution in [0.3, 0.4) is 0 Å². The average Bonchev–Trinajstić information content (AvgIpc) is 2.94. The smallest absolute Gasteiger partial charge is 0.106 e. The van der Waals surface area contributed by atoms with Crippen molar-refractivity contribution in [1.82, 2.24) is 0 Å². The summed E-state index contributed by atoms with van der Waals surface area (Å²) in [6, 6.07) is 0. The lowest BCUT2D eigenvalue weighted by Crippen LogP contribution is -2.44. The number of halogens is 2. The van der Waals surface area contributed by atoms with Crippen LogP contribution in [0.1, 0.15) is 19.8 Å². The van der Waals surface area contributed by atoms with Gasteiger partial charge in [-0.15, -0.1) is 11.6 Å². The van der Waals surface area contributed by atoms with Gasteiger partial charge in [0.25, 0.3) is 0 Å². The lowest BCUT2D eigenvalue weighted by Gasteiger charge is -2.36. The van der Waals surface area contributed by atoms with Gasteiger partial charge in [0, 0.05) is 5.03 Å². The Hall–Kier alpha value is 0.0200. The van der Waals surface area contributed by atoms with E-state index < -0.39 is 11.0 Å². The normalized spacial score (nSPS) is 39.4. The van der Waals surface area contributed by atoms with Gasteiger partial charge in [0.2, 0.25) is 0 Å². The molecule has 0 heterocycles. The molecule has 3 heteroatoms. The first-order chi connectivity index (χ1) is 6.54. The molecule has 2 rings (SSSR count). The van der Waals surface area contributed by atoms with Crippen molar-refractivity contribution in [3.63, 3.8) is 0 Å². The van der Waals surface area contributed by atoms with Crippen LogP contribution in [0.25, 0.3) is 0 Å². The minimum Gasteiger partial charge on any atom is -0.384 e. The molecule has 14 heavy (non-hydrogen) atoms. The maximum Gasteiger partial charge on any atom is 0.106 e. The fraction of sp³-hybridized carbons (Fsp3) is 0.636. The van der Waals surface area contributed by atoms with E-state index in [9.17, 15) is 5.11 Å². The van der Waals surface area contributed by atoms with E-state index in [-0.39, 0.29) is 5.92 Å². The van der Waals surface area contributed by atoms with Crippen LogP contribution in [-0.4, -0.2) is 16.1 Å². The van der Waals surface area contributed by atoms with Gasteiger partial charge >= 0.3 is 0 Å². The van der Waals surface area contributed by atoms with Gasteiger partial charge in [0.15, 0.2) is 0 Å². The molecule has 3 unspecified atom stereocenters. The first-order valence-electron chi connectivity index (χ1n) is 4.97. The van der Waals surface area contributed by atoms with Crippen LogP contribution >= 0.6 is 23.2 Å². The summed E-state index contributed by atoms with van der Waals surface area (Å²) in [5.74, 6) is 0.832. The van der Waals surface area contributed by atoms with Crippen LogP contribution in [0.5, 0.6) is 0 Å². The predicted molar refractivity (Wildman–Crippen MR) is 59.6 cm³/mol. The minimum atomic E-state index is -0.916. The predicted octanol–water partition coefficient (Wildman–Crippen LogP) is 3.06. The number of alkyl halides is 1. The van der Waals surface area contributed by atoms with E-state index in [1.54, 1.807) is 18.2 Å². The maximum absolute atomic E-state index is 10.4. The van der Waals surface area contributed by atoms with Crippen molar-refractivity contribution in [3.8, 4) is 0 Å². The molecule has 0 saturated heterocycles. The van der Waals surface area contributed by atoms with Gasteiger partial charge in [0.1, 0.15) is 5.60 Å². The summed E-state index contributed by atoms with van der Waals surface area (Å²) < 4.78 is 0. The summed E-state index contributed by atoms with van der Waals surface area (Å²) in [6.07, 6.45) is 7.61. The molecule has 0 aromatic heterocycles. The van der Waals surface area contributed by atoms with E-state index >= 15 is 0 Å². The Bertz CT molecular complexity index is 294. The molecule has 2 aliphatic carbocycles. The van der Waals surface area contributed by atoms with Gasteiger partial charge in [0.05, 0.1) is 5.38 Å². The van der Waals surface area contributed by atoms with Crippen LogP contribution in [0.2, 0.25) is 0 Å². The molecular formula is C11H14Cl2O. The molecule has 0 aliphatic heterocycles. The Kier molecular flexibility index (Phi) is 2.67. The highest BCUT2D eigenvalue weighted by Crippen LogP contribution is 2.46. The number of aliphatic hydroxyl groups is 1. The lowest BCUT2D eigenvalue weighted by atomic mass is 9.80. The summed E-state index contributed by atoms with van der Waals surface area (Å²) in [4.78, 5) is 0. The molecule has 0 amide bonds. The van der Waals surface area contributed by atoms with Crippen molar-refractivity contribution in [2.45, 2.75) is 30.7 Å². The molecule has 1 saturated carbocycles. The summed E-state index contributed by atoms with van der Waals surface area (Å²) in [5, 5.41) is 10.6. The van der Waals surface area contributed by atoms with Crippen molar-refractivity contribution in [3.05, 3.63) is 23.3 Å². The van der Waals surface area contributed by atoms with Gasteiger partial charge in [-0.25, -0.2) is 0 Å². The Labute approximate surface area is 94.4 Å². The first kappa shape index (κ1) is 10.5. The molecular weight excluding hydrogens is 219 g/mol. The molecule has 0 aromatic rings. The minimum absolute atomic E-state index is 0.210. The monoisotopic (exact) mass is 232 g/mol. The van der Waals surface area contributed by atoms with Crippen molar-refractivity contribution in [1.29, 1.82) is 0 Å². The highest BCUT2D eigenvalue weighted by Gasteiger charge is 2.45. The summed E-state index contributed by atoms with van der Waals surface area (Å²) in [5.41, 5.74) is -0.916. The van der Waals surface area contributed by atoms with Gasteiger partial charge in [-0.2, -0.15) is 0 Å². The SMILES string of the molecule is CC(C1CC1)C1(O)C=CC(Cl)=CC1Cl. The Morgan fingerprint density at radius 1 is 1.57 bits per heavy atom. The van der Waals surface area contributed by atoms with E-state index in [1.807, 2.05) is 0 Å². The molecule has 0 spiro atoms. The largest absolute Gasteiger partial charge is 0.384 e. The molecule has 0 aromatic carbocycles. The van der Waals surface area contributed by atoms with Crippen LogP contribution < -0.4 is 0 Å². The Morgan fingerprint density at radius 2 is 2.21 bits per heavy atom. The second-order valence-electron chi connectivity index (χ2n) is 4.30. The molecule has 1 nitrogen and oxygen atoms in total. The standard InChI is InChI=1S/C11H14Cl2O/c1-7(8-2-3-8)11(14)5-4-9(12)6-10(11)13/h4-8,10,14H,2-3H2,1H3. The third-order valence-electron chi connectivity index (χ3n) is 3.32. The molecule has 3 atom stereocenters. The zero-order valence-electron chi connectivity index (χ0n) is 8.08. The summed E-state index contributed by atoms with van der Waals surface area (Å²) in [6.45, 7) is 2.06. The summed E-state index contributed by atoms with van der Waals surface area (Å²) >= 11 is 11.9. The fourth-order valence-corrected chi connectivity index (χ4v) is 2.67.